The molecule has 1 atom stereocenters. The third-order valence-corrected chi connectivity index (χ3v) is 4.28. The van der Waals surface area contributed by atoms with Gasteiger partial charge in [-0.25, -0.2) is 0 Å². The monoisotopic (exact) mass is 253 g/mol. The van der Waals surface area contributed by atoms with Crippen LogP contribution >= 0.6 is 0 Å². The molecule has 0 aliphatic heterocycles. The first-order valence-corrected chi connectivity index (χ1v) is 6.66. The molecule has 3 rings (SSSR count). The topological polar surface area (TPSA) is 35.2 Å². The molecule has 0 spiro atoms. The molecule has 2 heteroatoms. The maximum absolute atomic E-state index is 6.00. The van der Waals surface area contributed by atoms with Gasteiger partial charge in [-0.1, -0.05) is 24.3 Å². The average molecular weight is 253 g/mol. The molecule has 0 fully saturated rings. The van der Waals surface area contributed by atoms with Crippen LogP contribution in [0.15, 0.2) is 30.3 Å². The number of benzene rings is 2. The van der Waals surface area contributed by atoms with Gasteiger partial charge >= 0.3 is 0 Å². The van der Waals surface area contributed by atoms with E-state index in [1.54, 1.807) is 7.11 Å². The predicted octanol–water partition coefficient (Wildman–Crippen LogP) is 3.38. The number of hydrogen-bond donors (Lipinski definition) is 1. The predicted molar refractivity (Wildman–Crippen MR) is 78.8 cm³/mol. The Morgan fingerprint density at radius 3 is 2.47 bits per heavy atom. The van der Waals surface area contributed by atoms with E-state index in [-0.39, 0.29) is 0 Å². The van der Waals surface area contributed by atoms with E-state index in [2.05, 4.69) is 32.0 Å². The van der Waals surface area contributed by atoms with Crippen molar-refractivity contribution in [3.05, 3.63) is 52.6 Å². The highest BCUT2D eigenvalue weighted by molar-refractivity contribution is 5.86. The van der Waals surface area contributed by atoms with E-state index < -0.39 is 0 Å². The molecule has 98 valence electrons. The van der Waals surface area contributed by atoms with Crippen LogP contribution in [0.2, 0.25) is 0 Å². The molecule has 2 aromatic rings. The normalized spacial score (nSPS) is 16.1. The highest BCUT2D eigenvalue weighted by Crippen LogP contribution is 2.50. The fraction of sp³-hybridized carbons (Fsp3) is 0.294. The van der Waals surface area contributed by atoms with E-state index >= 15 is 0 Å². The van der Waals surface area contributed by atoms with E-state index in [4.69, 9.17) is 10.5 Å². The van der Waals surface area contributed by atoms with Gasteiger partial charge in [0, 0.05) is 18.0 Å². The van der Waals surface area contributed by atoms with Gasteiger partial charge in [-0.2, -0.15) is 0 Å². The Bertz CT molecular complexity index is 646. The standard InChI is InChI=1S/C17H19NO/c1-10-7-8-13-14(9-18)12-5-4-6-15(19-3)17(12)16(13)11(10)2/h4-8,14H,9,18H2,1-3H3. The molecule has 2 nitrogen and oxygen atoms in total. The van der Waals surface area contributed by atoms with Gasteiger partial charge in [0.25, 0.3) is 0 Å². The van der Waals surface area contributed by atoms with Crippen LogP contribution in [0.5, 0.6) is 5.75 Å². The second kappa shape index (κ2) is 4.39. The molecule has 0 amide bonds. The van der Waals surface area contributed by atoms with Gasteiger partial charge in [-0.15, -0.1) is 0 Å². The lowest BCUT2D eigenvalue weighted by Gasteiger charge is -2.12. The number of hydrogen-bond acceptors (Lipinski definition) is 2. The molecule has 2 aromatic carbocycles. The molecule has 19 heavy (non-hydrogen) atoms. The number of rotatable bonds is 2. The van der Waals surface area contributed by atoms with Gasteiger partial charge in [-0.3, -0.25) is 0 Å². The van der Waals surface area contributed by atoms with Crippen molar-refractivity contribution in [1.29, 1.82) is 0 Å². The summed E-state index contributed by atoms with van der Waals surface area (Å²) in [6.07, 6.45) is 0. The van der Waals surface area contributed by atoms with Gasteiger partial charge in [0.2, 0.25) is 0 Å². The van der Waals surface area contributed by atoms with Gasteiger partial charge in [0.05, 0.1) is 7.11 Å². The molecule has 0 saturated heterocycles. The number of fused-ring (bicyclic) bond motifs is 3. The number of nitrogens with two attached hydrogens (primary N) is 1. The second-order valence-electron chi connectivity index (χ2n) is 5.18. The first-order chi connectivity index (χ1) is 9.19. The minimum Gasteiger partial charge on any atom is -0.496 e. The second-order valence-corrected chi connectivity index (χ2v) is 5.18. The van der Waals surface area contributed by atoms with Gasteiger partial charge in [-0.05, 0) is 47.7 Å². The van der Waals surface area contributed by atoms with Crippen LogP contribution in [0.3, 0.4) is 0 Å². The van der Waals surface area contributed by atoms with E-state index in [1.165, 1.54) is 33.4 Å². The molecule has 0 saturated carbocycles. The van der Waals surface area contributed by atoms with E-state index in [9.17, 15) is 0 Å². The summed E-state index contributed by atoms with van der Waals surface area (Å²) < 4.78 is 5.56. The summed E-state index contributed by atoms with van der Waals surface area (Å²) in [4.78, 5) is 0. The fourth-order valence-corrected chi connectivity index (χ4v) is 3.16. The summed E-state index contributed by atoms with van der Waals surface area (Å²) in [5.74, 6) is 1.24. The lowest BCUT2D eigenvalue weighted by molar-refractivity contribution is 0.416. The molecule has 2 N–H and O–H groups in total. The summed E-state index contributed by atoms with van der Waals surface area (Å²) in [7, 11) is 1.73. The summed E-state index contributed by atoms with van der Waals surface area (Å²) in [5.41, 5.74) is 13.8. The Labute approximate surface area is 114 Å². The Morgan fingerprint density at radius 1 is 1.05 bits per heavy atom. The van der Waals surface area contributed by atoms with Crippen LogP contribution in [0.1, 0.15) is 28.2 Å². The fourth-order valence-electron chi connectivity index (χ4n) is 3.16. The zero-order chi connectivity index (χ0) is 13.6. The zero-order valence-corrected chi connectivity index (χ0v) is 11.7. The quantitative estimate of drug-likeness (QED) is 0.890. The minimum atomic E-state index is 0.291. The minimum absolute atomic E-state index is 0.291. The highest BCUT2D eigenvalue weighted by atomic mass is 16.5. The summed E-state index contributed by atoms with van der Waals surface area (Å²) in [6, 6.07) is 10.7. The lowest BCUT2D eigenvalue weighted by atomic mass is 9.94. The van der Waals surface area contributed by atoms with Crippen molar-refractivity contribution in [2.75, 3.05) is 13.7 Å². The van der Waals surface area contributed by atoms with Crippen molar-refractivity contribution in [3.8, 4) is 16.9 Å². The summed E-state index contributed by atoms with van der Waals surface area (Å²) in [6.45, 7) is 4.97. The maximum atomic E-state index is 6.00. The smallest absolute Gasteiger partial charge is 0.127 e. The Hall–Kier alpha value is -1.80. The van der Waals surface area contributed by atoms with Crippen LogP contribution in [0.4, 0.5) is 0 Å². The van der Waals surface area contributed by atoms with Crippen LogP contribution in [0, 0.1) is 13.8 Å². The molecule has 0 bridgehead atoms. The number of methoxy groups -OCH3 is 1. The number of aryl methyl sites for hydroxylation is 1. The largest absolute Gasteiger partial charge is 0.496 e. The van der Waals surface area contributed by atoms with Crippen molar-refractivity contribution in [2.24, 2.45) is 5.73 Å². The first-order valence-electron chi connectivity index (χ1n) is 6.66. The van der Waals surface area contributed by atoms with Crippen molar-refractivity contribution in [3.63, 3.8) is 0 Å². The third kappa shape index (κ3) is 1.60. The highest BCUT2D eigenvalue weighted by Gasteiger charge is 2.31. The maximum Gasteiger partial charge on any atom is 0.127 e. The van der Waals surface area contributed by atoms with Crippen LogP contribution in [-0.4, -0.2) is 13.7 Å². The molecule has 0 radical (unpaired) electrons. The Balaban J connectivity index is 2.39. The SMILES string of the molecule is COc1cccc2c1-c1c(ccc(C)c1C)C2CN. The van der Waals surface area contributed by atoms with Crippen LogP contribution in [0.25, 0.3) is 11.1 Å². The number of ether oxygens (including phenoxy) is 1. The zero-order valence-electron chi connectivity index (χ0n) is 11.7. The van der Waals surface area contributed by atoms with Crippen LogP contribution in [-0.2, 0) is 0 Å². The van der Waals surface area contributed by atoms with Crippen molar-refractivity contribution < 1.29 is 4.74 Å². The van der Waals surface area contributed by atoms with Gasteiger partial charge in [0.1, 0.15) is 5.75 Å². The lowest BCUT2D eigenvalue weighted by Crippen LogP contribution is -2.11. The molecular weight excluding hydrogens is 234 g/mol. The van der Waals surface area contributed by atoms with Gasteiger partial charge in [0.15, 0.2) is 0 Å². The van der Waals surface area contributed by atoms with E-state index in [0.717, 1.165) is 5.75 Å². The van der Waals surface area contributed by atoms with Crippen LogP contribution < -0.4 is 10.5 Å². The average Bonchev–Trinajstić information content (AvgIpc) is 2.76. The molecular formula is C17H19NO. The molecule has 0 heterocycles. The summed E-state index contributed by atoms with van der Waals surface area (Å²) >= 11 is 0. The van der Waals surface area contributed by atoms with E-state index in [0.29, 0.717) is 12.5 Å². The van der Waals surface area contributed by atoms with Crippen molar-refractivity contribution >= 4 is 0 Å². The molecule has 0 aromatic heterocycles. The molecule has 1 unspecified atom stereocenters. The Kier molecular flexibility index (Phi) is 2.83. The third-order valence-electron chi connectivity index (χ3n) is 4.28. The first kappa shape index (κ1) is 12.2. The van der Waals surface area contributed by atoms with Crippen molar-refractivity contribution in [1.82, 2.24) is 0 Å². The molecule has 1 aliphatic rings. The van der Waals surface area contributed by atoms with Crippen molar-refractivity contribution in [2.45, 2.75) is 19.8 Å². The molecule has 1 aliphatic carbocycles. The van der Waals surface area contributed by atoms with E-state index in [1.807, 2.05) is 12.1 Å². The Morgan fingerprint density at radius 2 is 1.79 bits per heavy atom. The van der Waals surface area contributed by atoms with Gasteiger partial charge < -0.3 is 10.5 Å². The summed E-state index contributed by atoms with van der Waals surface area (Å²) in [5, 5.41) is 0.